The lowest BCUT2D eigenvalue weighted by atomic mass is 9.97. The predicted molar refractivity (Wildman–Crippen MR) is 77.9 cm³/mol. The normalized spacial score (nSPS) is 23.0. The number of carbonyl (C=O) groups is 1. The van der Waals surface area contributed by atoms with Crippen LogP contribution in [0.1, 0.15) is 51.0 Å². The lowest BCUT2D eigenvalue weighted by Gasteiger charge is -2.30. The second kappa shape index (κ2) is 5.44. The first-order valence-corrected chi connectivity index (χ1v) is 7.81. The summed E-state index contributed by atoms with van der Waals surface area (Å²) in [5.41, 5.74) is 0.833. The highest BCUT2D eigenvalue weighted by molar-refractivity contribution is 5.79. The maximum absolute atomic E-state index is 12.6. The largest absolute Gasteiger partial charge is 0.445 e. The van der Waals surface area contributed by atoms with E-state index in [-0.39, 0.29) is 17.2 Å². The molecule has 0 N–H and O–H groups in total. The number of carbonyl (C=O) groups excluding carboxylic acids is 1. The molecule has 3 rings (SSSR count). The zero-order valence-electron chi connectivity index (χ0n) is 13.1. The van der Waals surface area contributed by atoms with Gasteiger partial charge in [-0.3, -0.25) is 4.79 Å². The van der Waals surface area contributed by atoms with Crippen LogP contribution in [0.3, 0.4) is 0 Å². The maximum Gasteiger partial charge on any atom is 0.228 e. The fourth-order valence-electron chi connectivity index (χ4n) is 2.90. The van der Waals surface area contributed by atoms with Gasteiger partial charge in [-0.15, -0.1) is 0 Å². The number of aromatic nitrogens is 1. The summed E-state index contributed by atoms with van der Waals surface area (Å²) in [5, 5.41) is 0. The Labute approximate surface area is 125 Å². The Morgan fingerprint density at radius 2 is 2.19 bits per heavy atom. The van der Waals surface area contributed by atoms with Crippen LogP contribution in [-0.2, 0) is 27.9 Å². The molecule has 0 bridgehead atoms. The lowest BCUT2D eigenvalue weighted by molar-refractivity contribution is -0.140. The van der Waals surface area contributed by atoms with Gasteiger partial charge >= 0.3 is 0 Å². The van der Waals surface area contributed by atoms with E-state index in [0.29, 0.717) is 13.2 Å². The van der Waals surface area contributed by atoms with Crippen LogP contribution < -0.4 is 0 Å². The maximum atomic E-state index is 12.6. The van der Waals surface area contributed by atoms with Crippen molar-refractivity contribution in [3.8, 4) is 0 Å². The number of fused-ring (bicyclic) bond motifs is 1. The summed E-state index contributed by atoms with van der Waals surface area (Å²) in [6, 6.07) is 0. The Hall–Kier alpha value is -1.36. The van der Waals surface area contributed by atoms with E-state index in [2.05, 4.69) is 25.8 Å². The van der Waals surface area contributed by atoms with Crippen LogP contribution in [0.25, 0.3) is 0 Å². The fraction of sp³-hybridized carbons (Fsp3) is 0.750. The summed E-state index contributed by atoms with van der Waals surface area (Å²) in [7, 11) is 0. The van der Waals surface area contributed by atoms with Gasteiger partial charge in [-0.2, -0.15) is 0 Å². The van der Waals surface area contributed by atoms with Crippen molar-refractivity contribution in [2.24, 2.45) is 5.92 Å². The Morgan fingerprint density at radius 3 is 2.86 bits per heavy atom. The molecule has 1 aromatic rings. The topological polar surface area (TPSA) is 55.6 Å². The van der Waals surface area contributed by atoms with Gasteiger partial charge < -0.3 is 14.1 Å². The first kappa shape index (κ1) is 14.6. The number of rotatable bonds is 1. The molecule has 0 saturated carbocycles. The summed E-state index contributed by atoms with van der Waals surface area (Å²) in [5.74, 6) is 1.95. The number of nitrogens with zero attached hydrogens (tertiary/aromatic N) is 2. The monoisotopic (exact) mass is 292 g/mol. The molecular formula is C16H24N2O3. The van der Waals surface area contributed by atoms with Crippen molar-refractivity contribution < 1.29 is 13.9 Å². The Bertz CT molecular complexity index is 524. The molecule has 1 unspecified atom stereocenters. The molecule has 2 aliphatic heterocycles. The van der Waals surface area contributed by atoms with Crippen LogP contribution in [0.15, 0.2) is 4.42 Å². The summed E-state index contributed by atoms with van der Waals surface area (Å²) in [4.78, 5) is 19.1. The summed E-state index contributed by atoms with van der Waals surface area (Å²) in [6.07, 6.45) is 2.68. The highest BCUT2D eigenvalue weighted by Gasteiger charge is 2.32. The van der Waals surface area contributed by atoms with E-state index >= 15 is 0 Å². The molecule has 0 aromatic carbocycles. The molecule has 3 heterocycles. The second-order valence-electron chi connectivity index (χ2n) is 7.06. The molecule has 5 nitrogen and oxygen atoms in total. The quantitative estimate of drug-likeness (QED) is 0.797. The molecule has 116 valence electrons. The van der Waals surface area contributed by atoms with Crippen molar-refractivity contribution in [2.45, 2.75) is 52.0 Å². The van der Waals surface area contributed by atoms with Gasteiger partial charge in [0.2, 0.25) is 5.91 Å². The fourth-order valence-corrected chi connectivity index (χ4v) is 2.90. The van der Waals surface area contributed by atoms with Crippen molar-refractivity contribution in [1.29, 1.82) is 0 Å². The van der Waals surface area contributed by atoms with E-state index in [1.54, 1.807) is 0 Å². The SMILES string of the molecule is CC(C)(C)c1nc2c(o1)CCN(C(=O)C1CCCOC1)C2. The van der Waals surface area contributed by atoms with E-state index in [1.165, 1.54) is 0 Å². The molecule has 1 aromatic heterocycles. The number of oxazole rings is 1. The van der Waals surface area contributed by atoms with Gasteiger partial charge in [0.15, 0.2) is 5.89 Å². The van der Waals surface area contributed by atoms with E-state index < -0.39 is 0 Å². The van der Waals surface area contributed by atoms with Crippen LogP contribution in [0, 0.1) is 5.92 Å². The Morgan fingerprint density at radius 1 is 1.38 bits per heavy atom. The molecule has 1 amide bonds. The third-order valence-electron chi connectivity index (χ3n) is 4.19. The smallest absolute Gasteiger partial charge is 0.228 e. The Kier molecular flexibility index (Phi) is 3.78. The van der Waals surface area contributed by atoms with Crippen LogP contribution >= 0.6 is 0 Å². The molecule has 5 heteroatoms. The molecule has 0 radical (unpaired) electrons. The predicted octanol–water partition coefficient (Wildman–Crippen LogP) is 2.28. The van der Waals surface area contributed by atoms with Crippen molar-refractivity contribution in [2.75, 3.05) is 19.8 Å². The zero-order chi connectivity index (χ0) is 15.0. The Balaban J connectivity index is 1.72. The molecule has 2 aliphatic rings. The van der Waals surface area contributed by atoms with Crippen molar-refractivity contribution in [3.05, 3.63) is 17.3 Å². The highest BCUT2D eigenvalue weighted by atomic mass is 16.5. The second-order valence-corrected chi connectivity index (χ2v) is 7.06. The highest BCUT2D eigenvalue weighted by Crippen LogP contribution is 2.28. The first-order valence-electron chi connectivity index (χ1n) is 7.81. The lowest BCUT2D eigenvalue weighted by Crippen LogP contribution is -2.42. The van der Waals surface area contributed by atoms with Gasteiger partial charge in [-0.05, 0) is 12.8 Å². The zero-order valence-corrected chi connectivity index (χ0v) is 13.1. The van der Waals surface area contributed by atoms with Crippen molar-refractivity contribution >= 4 is 5.91 Å². The number of amides is 1. The van der Waals surface area contributed by atoms with Gasteiger partial charge in [0, 0.05) is 25.0 Å². The molecule has 0 spiro atoms. The van der Waals surface area contributed by atoms with Crippen LogP contribution in [0.5, 0.6) is 0 Å². The molecule has 21 heavy (non-hydrogen) atoms. The minimum atomic E-state index is -0.0939. The molecule has 1 atom stereocenters. The van der Waals surface area contributed by atoms with Gasteiger partial charge in [0.25, 0.3) is 0 Å². The molecular weight excluding hydrogens is 268 g/mol. The van der Waals surface area contributed by atoms with Crippen LogP contribution in [0.4, 0.5) is 0 Å². The summed E-state index contributed by atoms with van der Waals surface area (Å²) >= 11 is 0. The summed E-state index contributed by atoms with van der Waals surface area (Å²) < 4.78 is 11.3. The van der Waals surface area contributed by atoms with Crippen LogP contribution in [0.2, 0.25) is 0 Å². The minimum Gasteiger partial charge on any atom is -0.445 e. The molecule has 1 fully saturated rings. The van der Waals surface area contributed by atoms with E-state index in [4.69, 9.17) is 9.15 Å². The third-order valence-corrected chi connectivity index (χ3v) is 4.19. The van der Waals surface area contributed by atoms with E-state index in [0.717, 1.165) is 49.8 Å². The van der Waals surface area contributed by atoms with Gasteiger partial charge in [0.05, 0.1) is 19.1 Å². The van der Waals surface area contributed by atoms with Crippen LogP contribution in [-0.4, -0.2) is 35.5 Å². The minimum absolute atomic E-state index is 0.0225. The first-order chi connectivity index (χ1) is 9.95. The standard InChI is InChI=1S/C16H24N2O3/c1-16(2,3)15-17-12-9-18(7-6-13(12)21-15)14(19)11-5-4-8-20-10-11/h11H,4-10H2,1-3H3. The van der Waals surface area contributed by atoms with Gasteiger partial charge in [0.1, 0.15) is 11.5 Å². The van der Waals surface area contributed by atoms with E-state index in [9.17, 15) is 4.79 Å². The van der Waals surface area contributed by atoms with E-state index in [1.807, 2.05) is 4.90 Å². The van der Waals surface area contributed by atoms with Crippen molar-refractivity contribution in [1.82, 2.24) is 9.88 Å². The summed E-state index contributed by atoms with van der Waals surface area (Å²) in [6.45, 7) is 8.91. The average Bonchev–Trinajstić information content (AvgIpc) is 2.90. The number of hydrogen-bond acceptors (Lipinski definition) is 4. The number of ether oxygens (including phenoxy) is 1. The third kappa shape index (κ3) is 2.98. The van der Waals surface area contributed by atoms with Gasteiger partial charge in [-0.25, -0.2) is 4.98 Å². The van der Waals surface area contributed by atoms with Gasteiger partial charge in [-0.1, -0.05) is 20.8 Å². The average molecular weight is 292 g/mol. The molecule has 1 saturated heterocycles. The molecule has 0 aliphatic carbocycles. The number of hydrogen-bond donors (Lipinski definition) is 0. The van der Waals surface area contributed by atoms with Crippen molar-refractivity contribution in [3.63, 3.8) is 0 Å².